The SMILES string of the molecule is CCOC(=O)[C@@H]1[C@@H](C(F)(F)C(F)(F)Cl)C1(C(=O)OCC)C(=O)OCC. The maximum atomic E-state index is 14.2. The van der Waals surface area contributed by atoms with E-state index in [1.54, 1.807) is 0 Å². The monoisotopic (exact) mass is 392 g/mol. The second-order valence-electron chi connectivity index (χ2n) is 5.14. The van der Waals surface area contributed by atoms with Gasteiger partial charge in [0.15, 0.2) is 5.41 Å². The van der Waals surface area contributed by atoms with E-state index in [2.05, 4.69) is 25.8 Å². The second-order valence-corrected chi connectivity index (χ2v) is 5.61. The third-order valence-corrected chi connectivity index (χ3v) is 3.99. The normalized spacial score (nSPS) is 22.1. The number of rotatable bonds is 8. The summed E-state index contributed by atoms with van der Waals surface area (Å²) in [5.74, 6) is -14.6. The van der Waals surface area contributed by atoms with Crippen LogP contribution in [0.1, 0.15) is 20.8 Å². The maximum Gasteiger partial charge on any atom is 0.384 e. The van der Waals surface area contributed by atoms with E-state index in [-0.39, 0.29) is 19.8 Å². The minimum atomic E-state index is -5.12. The zero-order chi connectivity index (χ0) is 19.6. The molecular formula is C14H17ClF4O6. The van der Waals surface area contributed by atoms with E-state index < -0.39 is 46.5 Å². The van der Waals surface area contributed by atoms with Gasteiger partial charge in [-0.25, -0.2) is 0 Å². The lowest BCUT2D eigenvalue weighted by molar-refractivity contribution is -0.190. The molecule has 0 amide bonds. The van der Waals surface area contributed by atoms with Gasteiger partial charge in [-0.1, -0.05) is 0 Å². The summed E-state index contributed by atoms with van der Waals surface area (Å²) in [6.07, 6.45) is 0. The molecule has 0 bridgehead atoms. The quantitative estimate of drug-likeness (QED) is 0.207. The minimum Gasteiger partial charge on any atom is -0.466 e. The molecule has 1 aliphatic carbocycles. The van der Waals surface area contributed by atoms with E-state index in [1.807, 2.05) is 0 Å². The number of carbonyl (C=O) groups excluding carboxylic acids is 3. The van der Waals surface area contributed by atoms with Crippen molar-refractivity contribution in [3.63, 3.8) is 0 Å². The average molecular weight is 393 g/mol. The Kier molecular flexibility index (Phi) is 6.31. The summed E-state index contributed by atoms with van der Waals surface area (Å²) in [4.78, 5) is 36.4. The summed E-state index contributed by atoms with van der Waals surface area (Å²) >= 11 is 4.46. The van der Waals surface area contributed by atoms with E-state index in [4.69, 9.17) is 0 Å². The fourth-order valence-electron chi connectivity index (χ4n) is 2.71. The topological polar surface area (TPSA) is 78.9 Å². The molecule has 0 aliphatic heterocycles. The molecule has 11 heteroatoms. The highest BCUT2D eigenvalue weighted by atomic mass is 35.5. The first-order valence-corrected chi connectivity index (χ1v) is 7.77. The number of alkyl halides is 5. The summed E-state index contributed by atoms with van der Waals surface area (Å²) in [6.45, 7) is 2.98. The molecule has 1 aliphatic rings. The van der Waals surface area contributed by atoms with Crippen molar-refractivity contribution in [2.24, 2.45) is 17.3 Å². The Balaban J connectivity index is 3.49. The molecule has 2 atom stereocenters. The van der Waals surface area contributed by atoms with Crippen LogP contribution in [0.3, 0.4) is 0 Å². The third-order valence-electron chi connectivity index (χ3n) is 3.74. The largest absolute Gasteiger partial charge is 0.466 e. The van der Waals surface area contributed by atoms with Gasteiger partial charge in [-0.05, 0) is 32.4 Å². The van der Waals surface area contributed by atoms with Crippen molar-refractivity contribution in [2.45, 2.75) is 32.1 Å². The Morgan fingerprint density at radius 1 is 0.920 bits per heavy atom. The van der Waals surface area contributed by atoms with Crippen LogP contribution in [-0.4, -0.2) is 49.0 Å². The lowest BCUT2D eigenvalue weighted by Crippen LogP contribution is -2.43. The maximum absolute atomic E-state index is 14.2. The first kappa shape index (κ1) is 21.5. The molecule has 25 heavy (non-hydrogen) atoms. The fourth-order valence-corrected chi connectivity index (χ4v) is 2.82. The van der Waals surface area contributed by atoms with Crippen molar-refractivity contribution in [2.75, 3.05) is 19.8 Å². The highest BCUT2D eigenvalue weighted by Crippen LogP contribution is 2.69. The third kappa shape index (κ3) is 3.40. The van der Waals surface area contributed by atoms with Gasteiger partial charge in [-0.3, -0.25) is 14.4 Å². The standard InChI is InChI=1S/C14H17ClF4O6/c1-4-23-9(20)7-8(13(16,17)14(15,18)19)12(7,10(21)24-5-2)11(22)25-6-3/h7-8H,4-6H2,1-3H3/t7-,8+/m0/s1. The van der Waals surface area contributed by atoms with Crippen LogP contribution in [0.5, 0.6) is 0 Å². The zero-order valence-corrected chi connectivity index (χ0v) is 14.4. The zero-order valence-electron chi connectivity index (χ0n) is 13.6. The first-order chi connectivity index (χ1) is 11.4. The number of hydrogen-bond donors (Lipinski definition) is 0. The number of halogens is 5. The molecule has 0 N–H and O–H groups in total. The van der Waals surface area contributed by atoms with E-state index >= 15 is 0 Å². The molecule has 0 aromatic rings. The Labute approximate surface area is 145 Å². The van der Waals surface area contributed by atoms with E-state index in [0.29, 0.717) is 0 Å². The van der Waals surface area contributed by atoms with Gasteiger partial charge < -0.3 is 14.2 Å². The predicted octanol–water partition coefficient (Wildman–Crippen LogP) is 2.38. The summed E-state index contributed by atoms with van der Waals surface area (Å²) < 4.78 is 68.4. The first-order valence-electron chi connectivity index (χ1n) is 7.40. The molecule has 1 rings (SSSR count). The van der Waals surface area contributed by atoms with Crippen LogP contribution in [0.25, 0.3) is 0 Å². The number of esters is 3. The van der Waals surface area contributed by atoms with Crippen LogP contribution in [0, 0.1) is 17.3 Å². The van der Waals surface area contributed by atoms with Crippen molar-refractivity contribution >= 4 is 29.5 Å². The van der Waals surface area contributed by atoms with Crippen LogP contribution < -0.4 is 0 Å². The van der Waals surface area contributed by atoms with Crippen LogP contribution in [0.4, 0.5) is 17.6 Å². The van der Waals surface area contributed by atoms with E-state index in [1.165, 1.54) is 20.8 Å². The van der Waals surface area contributed by atoms with Gasteiger partial charge in [0.25, 0.3) is 0 Å². The van der Waals surface area contributed by atoms with Crippen LogP contribution >= 0.6 is 11.6 Å². The van der Waals surface area contributed by atoms with Gasteiger partial charge in [0.2, 0.25) is 0 Å². The van der Waals surface area contributed by atoms with Crippen molar-refractivity contribution in [1.82, 2.24) is 0 Å². The minimum absolute atomic E-state index is 0.285. The smallest absolute Gasteiger partial charge is 0.384 e. The molecule has 144 valence electrons. The molecule has 1 fully saturated rings. The Bertz CT molecular complexity index is 530. The molecule has 0 unspecified atom stereocenters. The van der Waals surface area contributed by atoms with Gasteiger partial charge >= 0.3 is 29.2 Å². The summed E-state index contributed by atoms with van der Waals surface area (Å²) in [5.41, 5.74) is -2.94. The van der Waals surface area contributed by atoms with Crippen LogP contribution in [-0.2, 0) is 28.6 Å². The summed E-state index contributed by atoms with van der Waals surface area (Å²) in [6, 6.07) is 0. The Hall–Kier alpha value is -1.58. The van der Waals surface area contributed by atoms with Crippen molar-refractivity contribution in [3.8, 4) is 0 Å². The van der Waals surface area contributed by atoms with Gasteiger partial charge in [-0.15, -0.1) is 0 Å². The summed E-state index contributed by atoms with van der Waals surface area (Å²) in [7, 11) is 0. The lowest BCUT2D eigenvalue weighted by Gasteiger charge is -2.23. The summed E-state index contributed by atoms with van der Waals surface area (Å²) in [5, 5.41) is -5.12. The van der Waals surface area contributed by atoms with Gasteiger partial charge in [0, 0.05) is 0 Å². The fraction of sp³-hybridized carbons (Fsp3) is 0.786. The van der Waals surface area contributed by atoms with Gasteiger partial charge in [0.05, 0.1) is 31.7 Å². The van der Waals surface area contributed by atoms with Gasteiger partial charge in [0.1, 0.15) is 0 Å². The molecule has 0 heterocycles. The van der Waals surface area contributed by atoms with E-state index in [0.717, 1.165) is 0 Å². The van der Waals surface area contributed by atoms with Crippen molar-refractivity contribution in [1.29, 1.82) is 0 Å². The molecular weight excluding hydrogens is 376 g/mol. The molecule has 0 aromatic carbocycles. The number of carbonyl (C=O) groups is 3. The second kappa shape index (κ2) is 7.35. The lowest BCUT2D eigenvalue weighted by atomic mass is 9.99. The van der Waals surface area contributed by atoms with E-state index in [9.17, 15) is 31.9 Å². The molecule has 0 aromatic heterocycles. The van der Waals surface area contributed by atoms with Crippen molar-refractivity contribution in [3.05, 3.63) is 0 Å². The molecule has 1 saturated carbocycles. The average Bonchev–Trinajstić information content (AvgIpc) is 3.19. The Morgan fingerprint density at radius 3 is 1.64 bits per heavy atom. The van der Waals surface area contributed by atoms with Crippen LogP contribution in [0.2, 0.25) is 0 Å². The highest BCUT2D eigenvalue weighted by Gasteiger charge is 2.90. The Morgan fingerprint density at radius 2 is 1.32 bits per heavy atom. The molecule has 0 spiro atoms. The van der Waals surface area contributed by atoms with Gasteiger partial charge in [-0.2, -0.15) is 17.6 Å². The molecule has 6 nitrogen and oxygen atoms in total. The number of hydrogen-bond acceptors (Lipinski definition) is 6. The van der Waals surface area contributed by atoms with Crippen LogP contribution in [0.15, 0.2) is 0 Å². The molecule has 0 radical (unpaired) electrons. The number of ether oxygens (including phenoxy) is 3. The van der Waals surface area contributed by atoms with Crippen molar-refractivity contribution < 1.29 is 46.2 Å². The highest BCUT2D eigenvalue weighted by molar-refractivity contribution is 6.22. The predicted molar refractivity (Wildman–Crippen MR) is 75.1 cm³/mol. The molecule has 0 saturated heterocycles.